The van der Waals surface area contributed by atoms with E-state index in [0.717, 1.165) is 27.8 Å². The molecule has 0 fully saturated rings. The molecule has 2 atom stereocenters. The molecule has 4 amide bonds. The van der Waals surface area contributed by atoms with Crippen molar-refractivity contribution in [3.8, 4) is 11.1 Å². The molecular weight excluding hydrogens is 536 g/mol. The molecule has 0 saturated carbocycles. The molecule has 10 nitrogen and oxygen atoms in total. The van der Waals surface area contributed by atoms with E-state index in [9.17, 15) is 19.2 Å². The fourth-order valence-electron chi connectivity index (χ4n) is 4.71. The van der Waals surface area contributed by atoms with Crippen LogP contribution in [0.25, 0.3) is 11.1 Å². The molecule has 3 aromatic rings. The van der Waals surface area contributed by atoms with Crippen LogP contribution in [0.3, 0.4) is 0 Å². The van der Waals surface area contributed by atoms with Gasteiger partial charge in [0.2, 0.25) is 0 Å². The van der Waals surface area contributed by atoms with Crippen LogP contribution in [0.2, 0.25) is 0 Å². The first-order valence-corrected chi connectivity index (χ1v) is 13.8. The zero-order chi connectivity index (χ0) is 30.3. The van der Waals surface area contributed by atoms with Crippen molar-refractivity contribution in [3.05, 3.63) is 95.6 Å². The summed E-state index contributed by atoms with van der Waals surface area (Å²) in [6, 6.07) is 23.0. The van der Waals surface area contributed by atoms with Gasteiger partial charge in [0, 0.05) is 12.3 Å². The lowest BCUT2D eigenvalue weighted by Crippen LogP contribution is -2.56. The topological polar surface area (TPSA) is 135 Å². The fraction of sp³-hybridized carbons (Fsp3) is 0.312. The number of hydrogen-bond acceptors (Lipinski definition) is 6. The van der Waals surface area contributed by atoms with Crippen molar-refractivity contribution >= 4 is 24.0 Å². The van der Waals surface area contributed by atoms with Gasteiger partial charge in [-0.15, -0.1) is 0 Å². The molecule has 42 heavy (non-hydrogen) atoms. The van der Waals surface area contributed by atoms with E-state index in [1.807, 2.05) is 78.9 Å². The Bertz CT molecular complexity index is 1390. The van der Waals surface area contributed by atoms with Crippen molar-refractivity contribution in [2.24, 2.45) is 0 Å². The van der Waals surface area contributed by atoms with E-state index in [-0.39, 0.29) is 18.9 Å². The Hall–Kier alpha value is -4.86. The van der Waals surface area contributed by atoms with Gasteiger partial charge in [0.15, 0.2) is 0 Å². The summed E-state index contributed by atoms with van der Waals surface area (Å²) >= 11 is 0. The van der Waals surface area contributed by atoms with Gasteiger partial charge in [0.05, 0.1) is 0 Å². The highest BCUT2D eigenvalue weighted by molar-refractivity contribution is 5.90. The number of nitrogens with one attached hydrogen (secondary N) is 4. The molecule has 1 aliphatic carbocycles. The first-order chi connectivity index (χ1) is 20.0. The van der Waals surface area contributed by atoms with Crippen molar-refractivity contribution in [1.29, 1.82) is 0 Å². The number of fused-ring (bicyclic) bond motifs is 3. The van der Waals surface area contributed by atoms with Gasteiger partial charge < -0.3 is 20.1 Å². The van der Waals surface area contributed by atoms with Gasteiger partial charge in [0.25, 0.3) is 11.8 Å². The van der Waals surface area contributed by atoms with E-state index in [1.165, 1.54) is 6.92 Å². The monoisotopic (exact) mass is 572 g/mol. The summed E-state index contributed by atoms with van der Waals surface area (Å²) in [5, 5.41) is 5.04. The van der Waals surface area contributed by atoms with Gasteiger partial charge in [-0.3, -0.25) is 20.4 Å². The smallest absolute Gasteiger partial charge is 0.408 e. The maximum atomic E-state index is 12.9. The van der Waals surface area contributed by atoms with Crippen molar-refractivity contribution in [3.63, 3.8) is 0 Å². The van der Waals surface area contributed by atoms with Crippen molar-refractivity contribution in [1.82, 2.24) is 21.5 Å². The minimum Gasteiger partial charge on any atom is -0.449 e. The largest absolute Gasteiger partial charge is 0.449 e. The predicted octanol–water partition coefficient (Wildman–Crippen LogP) is 4.20. The number of benzene rings is 3. The minimum atomic E-state index is -1.03. The molecule has 0 heterocycles. The SMILES string of the molecule is C[C@@H](NC(=O)OCC1c2ccccc2-c2ccccc21)C(=O)NNC(=O)[C@H](Cc1ccccc1)NC(=O)OC(C)(C)C. The number of rotatable bonds is 8. The van der Waals surface area contributed by atoms with E-state index in [1.54, 1.807) is 20.8 Å². The van der Waals surface area contributed by atoms with E-state index < -0.39 is 41.7 Å². The molecule has 0 radical (unpaired) electrons. The van der Waals surface area contributed by atoms with Crippen LogP contribution in [-0.2, 0) is 25.5 Å². The van der Waals surface area contributed by atoms with E-state index in [0.29, 0.717) is 0 Å². The van der Waals surface area contributed by atoms with E-state index in [2.05, 4.69) is 21.5 Å². The Morgan fingerprint density at radius 1 is 0.738 bits per heavy atom. The van der Waals surface area contributed by atoms with Gasteiger partial charge in [0.1, 0.15) is 24.3 Å². The second-order valence-electron chi connectivity index (χ2n) is 11.1. The molecule has 0 spiro atoms. The molecule has 0 unspecified atom stereocenters. The van der Waals surface area contributed by atoms with Crippen LogP contribution >= 0.6 is 0 Å². The van der Waals surface area contributed by atoms with Crippen LogP contribution in [0, 0.1) is 0 Å². The Labute approximate surface area is 245 Å². The summed E-state index contributed by atoms with van der Waals surface area (Å²) in [6.07, 6.45) is -1.37. The summed E-state index contributed by atoms with van der Waals surface area (Å²) < 4.78 is 10.8. The number of carbonyl (C=O) groups excluding carboxylic acids is 4. The molecule has 4 rings (SSSR count). The zero-order valence-corrected chi connectivity index (χ0v) is 24.1. The van der Waals surface area contributed by atoms with Crippen molar-refractivity contribution in [2.45, 2.75) is 57.7 Å². The van der Waals surface area contributed by atoms with Gasteiger partial charge in [-0.05, 0) is 55.5 Å². The number of hydrazine groups is 1. The Morgan fingerprint density at radius 2 is 1.29 bits per heavy atom. The van der Waals surface area contributed by atoms with Gasteiger partial charge in [-0.2, -0.15) is 0 Å². The Balaban J connectivity index is 1.29. The van der Waals surface area contributed by atoms with Crippen molar-refractivity contribution < 1.29 is 28.7 Å². The quantitative estimate of drug-likeness (QED) is 0.299. The Morgan fingerprint density at radius 3 is 1.88 bits per heavy atom. The average molecular weight is 573 g/mol. The molecule has 0 saturated heterocycles. The molecule has 220 valence electrons. The first-order valence-electron chi connectivity index (χ1n) is 13.8. The number of amides is 4. The number of alkyl carbamates (subject to hydrolysis) is 2. The van der Waals surface area contributed by atoms with Gasteiger partial charge in [-0.25, -0.2) is 9.59 Å². The highest BCUT2D eigenvalue weighted by Crippen LogP contribution is 2.44. The summed E-state index contributed by atoms with van der Waals surface area (Å²) in [7, 11) is 0. The van der Waals surface area contributed by atoms with Crippen LogP contribution in [0.1, 0.15) is 50.3 Å². The van der Waals surface area contributed by atoms with Crippen LogP contribution < -0.4 is 21.5 Å². The molecule has 0 aromatic heterocycles. The standard InChI is InChI=1S/C32H36N4O6/c1-20(33-30(39)41-19-26-24-16-10-8-14-22(24)23-15-9-11-17-25(23)26)28(37)35-36-29(38)27(18-21-12-6-5-7-13-21)34-31(40)42-32(2,3)4/h5-17,20,26-27H,18-19H2,1-4H3,(H,33,39)(H,34,40)(H,35,37)(H,36,38)/t20-,27+/m1/s1. The highest BCUT2D eigenvalue weighted by Gasteiger charge is 2.30. The fourth-order valence-corrected chi connectivity index (χ4v) is 4.71. The molecule has 3 aromatic carbocycles. The molecule has 1 aliphatic rings. The van der Waals surface area contributed by atoms with Crippen LogP contribution in [0.15, 0.2) is 78.9 Å². The van der Waals surface area contributed by atoms with E-state index >= 15 is 0 Å². The van der Waals surface area contributed by atoms with Crippen LogP contribution in [0.4, 0.5) is 9.59 Å². The maximum Gasteiger partial charge on any atom is 0.408 e. The van der Waals surface area contributed by atoms with Crippen LogP contribution in [-0.4, -0.2) is 48.3 Å². The van der Waals surface area contributed by atoms with Gasteiger partial charge in [-0.1, -0.05) is 78.9 Å². The molecule has 10 heteroatoms. The van der Waals surface area contributed by atoms with Crippen LogP contribution in [0.5, 0.6) is 0 Å². The lowest BCUT2D eigenvalue weighted by atomic mass is 9.98. The number of carbonyl (C=O) groups is 4. The third-order valence-electron chi connectivity index (χ3n) is 6.67. The molecule has 0 aliphatic heterocycles. The summed E-state index contributed by atoms with van der Waals surface area (Å²) in [5.74, 6) is -1.45. The average Bonchev–Trinajstić information content (AvgIpc) is 3.27. The second kappa shape index (κ2) is 13.2. The summed E-state index contributed by atoms with van der Waals surface area (Å²) in [4.78, 5) is 50.5. The van der Waals surface area contributed by atoms with Gasteiger partial charge >= 0.3 is 12.2 Å². The third-order valence-corrected chi connectivity index (χ3v) is 6.67. The lowest BCUT2D eigenvalue weighted by molar-refractivity contribution is -0.130. The molecular formula is C32H36N4O6. The molecule has 0 bridgehead atoms. The Kier molecular flexibility index (Phi) is 9.46. The third kappa shape index (κ3) is 7.87. The summed E-state index contributed by atoms with van der Waals surface area (Å²) in [6.45, 7) is 6.70. The van der Waals surface area contributed by atoms with Crippen molar-refractivity contribution in [2.75, 3.05) is 6.61 Å². The van der Waals surface area contributed by atoms with E-state index in [4.69, 9.17) is 9.47 Å². The minimum absolute atomic E-state index is 0.0996. The normalized spacial score (nSPS) is 13.5. The predicted molar refractivity (Wildman–Crippen MR) is 157 cm³/mol. The summed E-state index contributed by atoms with van der Waals surface area (Å²) in [5.41, 5.74) is 9.03. The zero-order valence-electron chi connectivity index (χ0n) is 24.1. The first kappa shape index (κ1) is 30.1. The molecule has 4 N–H and O–H groups in total. The second-order valence-corrected chi connectivity index (χ2v) is 11.1. The lowest BCUT2D eigenvalue weighted by Gasteiger charge is -2.24. The number of ether oxygens (including phenoxy) is 2. The number of hydrogen-bond donors (Lipinski definition) is 4. The highest BCUT2D eigenvalue weighted by atomic mass is 16.6. The maximum absolute atomic E-state index is 12.9.